The van der Waals surface area contributed by atoms with E-state index in [4.69, 9.17) is 4.42 Å². The molecule has 0 aliphatic carbocycles. The quantitative estimate of drug-likeness (QED) is 0.666. The van der Waals surface area contributed by atoms with Crippen LogP contribution in [0.1, 0.15) is 21.1 Å². The number of hydrogen-bond acceptors (Lipinski definition) is 5. The van der Waals surface area contributed by atoms with Crippen LogP contribution in [0.4, 0.5) is 5.88 Å². The van der Waals surface area contributed by atoms with Crippen LogP contribution in [0.25, 0.3) is 0 Å². The molecule has 96 valence electrons. The van der Waals surface area contributed by atoms with E-state index in [-0.39, 0.29) is 5.88 Å². The molecule has 0 fully saturated rings. The van der Waals surface area contributed by atoms with Crippen molar-refractivity contribution in [3.63, 3.8) is 0 Å². The van der Waals surface area contributed by atoms with Crippen LogP contribution in [0, 0.1) is 24.0 Å². The van der Waals surface area contributed by atoms with Gasteiger partial charge in [-0.25, -0.2) is 0 Å². The zero-order valence-electron chi connectivity index (χ0n) is 10.2. The van der Waals surface area contributed by atoms with Crippen molar-refractivity contribution < 1.29 is 9.34 Å². The standard InChI is InChI=1S/C12H14N2O3S/c1-8-5-11(18-9(8)2)7-13-6-10-3-4-12(17-10)14(15)16/h3-5,13H,6-7H2,1-2H3. The van der Waals surface area contributed by atoms with E-state index in [1.165, 1.54) is 21.4 Å². The van der Waals surface area contributed by atoms with Crippen LogP contribution in [0.2, 0.25) is 0 Å². The minimum atomic E-state index is -0.532. The van der Waals surface area contributed by atoms with Crippen molar-refractivity contribution >= 4 is 17.2 Å². The van der Waals surface area contributed by atoms with Gasteiger partial charge in [0.05, 0.1) is 12.6 Å². The molecular formula is C12H14N2O3S. The lowest BCUT2D eigenvalue weighted by Crippen LogP contribution is -2.11. The zero-order valence-corrected chi connectivity index (χ0v) is 11.0. The van der Waals surface area contributed by atoms with Gasteiger partial charge in [-0.15, -0.1) is 11.3 Å². The molecule has 1 N–H and O–H groups in total. The number of thiophene rings is 1. The first-order chi connectivity index (χ1) is 8.56. The van der Waals surface area contributed by atoms with Gasteiger partial charge in [-0.1, -0.05) is 0 Å². The molecule has 2 rings (SSSR count). The normalized spacial score (nSPS) is 10.8. The van der Waals surface area contributed by atoms with Gasteiger partial charge in [0.2, 0.25) is 0 Å². The summed E-state index contributed by atoms with van der Waals surface area (Å²) in [5, 5.41) is 13.6. The molecule has 0 radical (unpaired) electrons. The van der Waals surface area contributed by atoms with Gasteiger partial charge in [0.15, 0.2) is 0 Å². The molecule has 5 nitrogen and oxygen atoms in total. The highest BCUT2D eigenvalue weighted by Gasteiger charge is 2.11. The van der Waals surface area contributed by atoms with Crippen molar-refractivity contribution in [3.8, 4) is 0 Å². The van der Waals surface area contributed by atoms with Crippen molar-refractivity contribution in [2.45, 2.75) is 26.9 Å². The molecule has 2 aromatic heterocycles. The molecule has 6 heteroatoms. The Labute approximate surface area is 109 Å². The van der Waals surface area contributed by atoms with E-state index < -0.39 is 4.92 Å². The summed E-state index contributed by atoms with van der Waals surface area (Å²) in [6.45, 7) is 5.42. The minimum absolute atomic E-state index is 0.213. The summed E-state index contributed by atoms with van der Waals surface area (Å²) in [4.78, 5) is 12.5. The first-order valence-electron chi connectivity index (χ1n) is 5.56. The molecule has 0 saturated carbocycles. The fourth-order valence-corrected chi connectivity index (χ4v) is 2.63. The molecule has 0 saturated heterocycles. The van der Waals surface area contributed by atoms with Gasteiger partial charge in [-0.2, -0.15) is 0 Å². The van der Waals surface area contributed by atoms with Crippen LogP contribution in [-0.2, 0) is 13.1 Å². The summed E-state index contributed by atoms with van der Waals surface area (Å²) in [6.07, 6.45) is 0. The maximum atomic E-state index is 10.4. The van der Waals surface area contributed by atoms with E-state index in [1.807, 2.05) is 0 Å². The first kappa shape index (κ1) is 12.8. The lowest BCUT2D eigenvalue weighted by molar-refractivity contribution is -0.402. The average molecular weight is 266 g/mol. The molecule has 0 amide bonds. The molecular weight excluding hydrogens is 252 g/mol. The van der Waals surface area contributed by atoms with E-state index in [9.17, 15) is 10.1 Å². The molecule has 0 unspecified atom stereocenters. The van der Waals surface area contributed by atoms with Crippen molar-refractivity contribution in [1.29, 1.82) is 0 Å². The fraction of sp³-hybridized carbons (Fsp3) is 0.333. The highest BCUT2D eigenvalue weighted by Crippen LogP contribution is 2.20. The zero-order chi connectivity index (χ0) is 13.1. The second kappa shape index (κ2) is 5.32. The Balaban J connectivity index is 1.86. The Morgan fingerprint density at radius 3 is 2.72 bits per heavy atom. The highest BCUT2D eigenvalue weighted by molar-refractivity contribution is 7.12. The summed E-state index contributed by atoms with van der Waals surface area (Å²) in [6, 6.07) is 5.14. The molecule has 2 heterocycles. The molecule has 0 aliphatic rings. The van der Waals surface area contributed by atoms with E-state index in [0.717, 1.165) is 6.54 Å². The van der Waals surface area contributed by atoms with Crippen molar-refractivity contribution in [3.05, 3.63) is 49.4 Å². The van der Waals surface area contributed by atoms with E-state index in [1.54, 1.807) is 17.4 Å². The molecule has 18 heavy (non-hydrogen) atoms. The smallest absolute Gasteiger partial charge is 0.404 e. The van der Waals surface area contributed by atoms with Crippen LogP contribution in [0.5, 0.6) is 0 Å². The Bertz CT molecular complexity index is 540. The fourth-order valence-electron chi connectivity index (χ4n) is 1.61. The van der Waals surface area contributed by atoms with Crippen LogP contribution in [0.3, 0.4) is 0 Å². The number of rotatable bonds is 5. The second-order valence-corrected chi connectivity index (χ2v) is 5.39. The lowest BCUT2D eigenvalue weighted by Gasteiger charge is -1.99. The Morgan fingerprint density at radius 2 is 2.17 bits per heavy atom. The Hall–Kier alpha value is -1.66. The SMILES string of the molecule is Cc1cc(CNCc2ccc([N+](=O)[O-])o2)sc1C. The predicted molar refractivity (Wildman–Crippen MR) is 69.7 cm³/mol. The largest absolute Gasteiger partial charge is 0.433 e. The lowest BCUT2D eigenvalue weighted by atomic mass is 10.3. The summed E-state index contributed by atoms with van der Waals surface area (Å²) < 4.78 is 5.05. The van der Waals surface area contributed by atoms with E-state index in [2.05, 4.69) is 25.2 Å². The summed E-state index contributed by atoms with van der Waals surface area (Å²) >= 11 is 1.76. The molecule has 0 spiro atoms. The third-order valence-electron chi connectivity index (χ3n) is 2.64. The van der Waals surface area contributed by atoms with Gasteiger partial charge in [0.1, 0.15) is 10.7 Å². The van der Waals surface area contributed by atoms with Crippen LogP contribution >= 0.6 is 11.3 Å². The maximum absolute atomic E-state index is 10.4. The number of hydrogen-bond donors (Lipinski definition) is 1. The maximum Gasteiger partial charge on any atom is 0.433 e. The topological polar surface area (TPSA) is 68.3 Å². The van der Waals surface area contributed by atoms with Crippen LogP contribution in [0.15, 0.2) is 22.6 Å². The predicted octanol–water partition coefficient (Wildman–Crippen LogP) is 3.16. The van der Waals surface area contributed by atoms with Gasteiger partial charge < -0.3 is 9.73 Å². The Kier molecular flexibility index (Phi) is 3.78. The number of nitro groups is 1. The Morgan fingerprint density at radius 1 is 1.39 bits per heavy atom. The second-order valence-electron chi connectivity index (χ2n) is 4.05. The number of nitrogens with one attached hydrogen (secondary N) is 1. The van der Waals surface area contributed by atoms with Crippen LogP contribution < -0.4 is 5.32 Å². The van der Waals surface area contributed by atoms with Gasteiger partial charge in [-0.3, -0.25) is 10.1 Å². The molecule has 0 aromatic carbocycles. The highest BCUT2D eigenvalue weighted by atomic mass is 32.1. The van der Waals surface area contributed by atoms with E-state index >= 15 is 0 Å². The van der Waals surface area contributed by atoms with Crippen molar-refractivity contribution in [1.82, 2.24) is 5.32 Å². The molecule has 2 aromatic rings. The number of nitrogens with zero attached hydrogens (tertiary/aromatic N) is 1. The monoisotopic (exact) mass is 266 g/mol. The molecule has 0 aliphatic heterocycles. The number of furan rings is 1. The van der Waals surface area contributed by atoms with Crippen molar-refractivity contribution in [2.75, 3.05) is 0 Å². The van der Waals surface area contributed by atoms with Gasteiger partial charge in [0.25, 0.3) is 0 Å². The summed E-state index contributed by atoms with van der Waals surface area (Å²) in [5.41, 5.74) is 1.30. The summed E-state index contributed by atoms with van der Waals surface area (Å²) in [5.74, 6) is 0.362. The third-order valence-corrected chi connectivity index (χ3v) is 3.80. The third kappa shape index (κ3) is 2.96. The van der Waals surface area contributed by atoms with Gasteiger partial charge >= 0.3 is 5.88 Å². The summed E-state index contributed by atoms with van der Waals surface area (Å²) in [7, 11) is 0. The number of aryl methyl sites for hydroxylation is 2. The average Bonchev–Trinajstić information content (AvgIpc) is 2.88. The van der Waals surface area contributed by atoms with Gasteiger partial charge in [0, 0.05) is 16.3 Å². The molecule has 0 atom stereocenters. The first-order valence-corrected chi connectivity index (χ1v) is 6.37. The molecule has 0 bridgehead atoms. The van der Waals surface area contributed by atoms with Gasteiger partial charge in [-0.05, 0) is 31.5 Å². The van der Waals surface area contributed by atoms with E-state index in [0.29, 0.717) is 12.3 Å². The minimum Gasteiger partial charge on any atom is -0.404 e. The van der Waals surface area contributed by atoms with Crippen molar-refractivity contribution in [2.24, 2.45) is 0 Å². The van der Waals surface area contributed by atoms with Crippen LogP contribution in [-0.4, -0.2) is 4.92 Å².